The lowest BCUT2D eigenvalue weighted by Gasteiger charge is -2.16. The minimum absolute atomic E-state index is 0.00509. The van der Waals surface area contributed by atoms with Crippen LogP contribution < -0.4 is 14.6 Å². The Balaban J connectivity index is 2.09. The molecule has 2 rings (SSSR count). The van der Waals surface area contributed by atoms with Crippen molar-refractivity contribution in [3.63, 3.8) is 0 Å². The van der Waals surface area contributed by atoms with Gasteiger partial charge in [-0.3, -0.25) is 4.79 Å². The zero-order valence-electron chi connectivity index (χ0n) is 15.5. The van der Waals surface area contributed by atoms with E-state index in [9.17, 15) is 19.5 Å². The summed E-state index contributed by atoms with van der Waals surface area (Å²) < 4.78 is 17.6. The number of aromatic carboxylic acids is 1. The van der Waals surface area contributed by atoms with Gasteiger partial charge in [0.25, 0.3) is 0 Å². The topological polar surface area (TPSA) is 102 Å². The summed E-state index contributed by atoms with van der Waals surface area (Å²) in [7, 11) is 0. The SMILES string of the molecule is C=Cc1ccc(OC(C)=O)c(C(=O)OCCOc2c(I)cc(I)c(C(=O)[O-])c2I)c1. The van der Waals surface area contributed by atoms with E-state index in [1.54, 1.807) is 18.2 Å². The van der Waals surface area contributed by atoms with Crippen LogP contribution in [0.5, 0.6) is 11.5 Å². The highest BCUT2D eigenvalue weighted by molar-refractivity contribution is 14.1. The Labute approximate surface area is 213 Å². The molecule has 10 heteroatoms. The summed E-state index contributed by atoms with van der Waals surface area (Å²) in [4.78, 5) is 35.1. The summed E-state index contributed by atoms with van der Waals surface area (Å²) in [6, 6.07) is 6.32. The van der Waals surface area contributed by atoms with Gasteiger partial charge in [0.05, 0.1) is 13.1 Å². The van der Waals surface area contributed by atoms with Gasteiger partial charge in [-0.1, -0.05) is 18.7 Å². The molecule has 0 unspecified atom stereocenters. The lowest BCUT2D eigenvalue weighted by atomic mass is 10.1. The average Bonchev–Trinajstić information content (AvgIpc) is 2.66. The Morgan fingerprint density at radius 2 is 1.80 bits per heavy atom. The van der Waals surface area contributed by atoms with Crippen molar-refractivity contribution in [3.05, 3.63) is 58.2 Å². The molecule has 0 heterocycles. The fourth-order valence-corrected chi connectivity index (χ4v) is 6.45. The normalized spacial score (nSPS) is 10.3. The average molecular weight is 747 g/mol. The largest absolute Gasteiger partial charge is 0.545 e. The number of esters is 2. The number of benzene rings is 2. The molecule has 0 saturated heterocycles. The van der Waals surface area contributed by atoms with E-state index in [0.29, 0.717) is 22.0 Å². The third-order valence-electron chi connectivity index (χ3n) is 3.61. The quantitative estimate of drug-likeness (QED) is 0.176. The van der Waals surface area contributed by atoms with E-state index in [2.05, 4.69) is 6.58 Å². The molecule has 7 nitrogen and oxygen atoms in total. The lowest BCUT2D eigenvalue weighted by Crippen LogP contribution is -2.25. The molecule has 0 aliphatic carbocycles. The van der Waals surface area contributed by atoms with Crippen LogP contribution in [0.1, 0.15) is 33.2 Å². The van der Waals surface area contributed by atoms with Crippen molar-refractivity contribution in [1.82, 2.24) is 0 Å². The van der Waals surface area contributed by atoms with Gasteiger partial charge in [-0.15, -0.1) is 0 Å². The van der Waals surface area contributed by atoms with Crippen LogP contribution in [0.4, 0.5) is 0 Å². The van der Waals surface area contributed by atoms with E-state index in [-0.39, 0.29) is 30.1 Å². The summed E-state index contributed by atoms with van der Waals surface area (Å²) >= 11 is 5.84. The minimum Gasteiger partial charge on any atom is -0.545 e. The van der Waals surface area contributed by atoms with Crippen LogP contribution >= 0.6 is 67.8 Å². The molecule has 0 amide bonds. The standard InChI is InChI=1S/C20H15I3O7/c1-3-11-4-5-15(30-10(2)24)12(8-11)20(27)29-7-6-28-18-14(22)9-13(21)16(17(18)23)19(25)26/h3-5,8-9H,1,6-7H2,2H3,(H,25,26)/p-1. The summed E-state index contributed by atoms with van der Waals surface area (Å²) in [5.74, 6) is -2.09. The van der Waals surface area contributed by atoms with Gasteiger partial charge >= 0.3 is 11.9 Å². The van der Waals surface area contributed by atoms with E-state index in [4.69, 9.17) is 14.2 Å². The van der Waals surface area contributed by atoms with Crippen molar-refractivity contribution >= 4 is 91.8 Å². The molecule has 0 radical (unpaired) electrons. The van der Waals surface area contributed by atoms with Crippen LogP contribution in [-0.4, -0.2) is 31.1 Å². The molecular formula is C20H14I3O7-. The number of ether oxygens (including phenoxy) is 3. The maximum absolute atomic E-state index is 12.5. The first-order valence-corrected chi connectivity index (χ1v) is 11.5. The number of halogens is 3. The highest BCUT2D eigenvalue weighted by Crippen LogP contribution is 2.33. The summed E-state index contributed by atoms with van der Waals surface area (Å²) in [5, 5.41) is 11.4. The summed E-state index contributed by atoms with van der Waals surface area (Å²) in [6.07, 6.45) is 1.55. The monoisotopic (exact) mass is 747 g/mol. The Morgan fingerprint density at radius 3 is 2.40 bits per heavy atom. The van der Waals surface area contributed by atoms with Gasteiger partial charge in [0.15, 0.2) is 0 Å². The van der Waals surface area contributed by atoms with Crippen LogP contribution in [-0.2, 0) is 9.53 Å². The molecule has 0 saturated carbocycles. The van der Waals surface area contributed by atoms with Gasteiger partial charge in [-0.25, -0.2) is 4.79 Å². The third kappa shape index (κ3) is 6.29. The maximum Gasteiger partial charge on any atom is 0.342 e. The number of carboxylic acids is 1. The molecule has 0 aliphatic rings. The van der Waals surface area contributed by atoms with Crippen molar-refractivity contribution in [1.29, 1.82) is 0 Å². The number of carbonyl (C=O) groups excluding carboxylic acids is 3. The molecular weight excluding hydrogens is 733 g/mol. The lowest BCUT2D eigenvalue weighted by molar-refractivity contribution is -0.255. The zero-order valence-corrected chi connectivity index (χ0v) is 22.0. The number of rotatable bonds is 8. The number of carboxylic acid groups (broad SMARTS) is 1. The first-order valence-electron chi connectivity index (χ1n) is 8.29. The molecule has 158 valence electrons. The minimum atomic E-state index is -1.29. The molecule has 0 atom stereocenters. The van der Waals surface area contributed by atoms with Gasteiger partial charge in [-0.2, -0.15) is 0 Å². The summed E-state index contributed by atoms with van der Waals surface area (Å²) in [6.45, 7) is 4.77. The highest BCUT2D eigenvalue weighted by Gasteiger charge is 2.18. The van der Waals surface area contributed by atoms with E-state index < -0.39 is 17.9 Å². The van der Waals surface area contributed by atoms with Gasteiger partial charge in [0.2, 0.25) is 0 Å². The van der Waals surface area contributed by atoms with Crippen molar-refractivity contribution in [3.8, 4) is 11.5 Å². The molecule has 30 heavy (non-hydrogen) atoms. The Bertz CT molecular complexity index is 1020. The first-order chi connectivity index (χ1) is 14.1. The van der Waals surface area contributed by atoms with Crippen molar-refractivity contribution in [2.24, 2.45) is 0 Å². The van der Waals surface area contributed by atoms with Crippen molar-refractivity contribution in [2.45, 2.75) is 6.92 Å². The molecule has 0 fully saturated rings. The second kappa shape index (κ2) is 11.3. The Hall–Kier alpha value is -1.42. The highest BCUT2D eigenvalue weighted by atomic mass is 127. The Kier molecular flexibility index (Phi) is 9.33. The molecule has 0 N–H and O–H groups in total. The van der Waals surface area contributed by atoms with E-state index >= 15 is 0 Å². The van der Waals surface area contributed by atoms with E-state index in [1.165, 1.54) is 19.1 Å². The van der Waals surface area contributed by atoms with E-state index in [1.807, 2.05) is 67.8 Å². The van der Waals surface area contributed by atoms with Gasteiger partial charge in [-0.05, 0) is 91.5 Å². The zero-order chi connectivity index (χ0) is 22.4. The molecule has 0 aliphatic heterocycles. The second-order valence-electron chi connectivity index (χ2n) is 5.68. The fraction of sp³-hybridized carbons (Fsp3) is 0.150. The smallest absolute Gasteiger partial charge is 0.342 e. The number of hydrogen-bond donors (Lipinski definition) is 0. The van der Waals surface area contributed by atoms with Crippen molar-refractivity contribution in [2.75, 3.05) is 13.2 Å². The van der Waals surface area contributed by atoms with E-state index in [0.717, 1.165) is 0 Å². The fourth-order valence-electron chi connectivity index (χ4n) is 2.33. The predicted molar refractivity (Wildman–Crippen MR) is 133 cm³/mol. The molecule has 0 aromatic heterocycles. The molecule has 2 aromatic carbocycles. The second-order valence-corrected chi connectivity index (χ2v) is 9.09. The predicted octanol–water partition coefficient (Wildman–Crippen LogP) is 3.67. The van der Waals surface area contributed by atoms with Crippen LogP contribution in [0.3, 0.4) is 0 Å². The van der Waals surface area contributed by atoms with Crippen LogP contribution in [0.25, 0.3) is 6.08 Å². The number of carbonyl (C=O) groups is 3. The molecule has 0 bridgehead atoms. The number of hydrogen-bond acceptors (Lipinski definition) is 7. The molecule has 0 spiro atoms. The van der Waals surface area contributed by atoms with Crippen LogP contribution in [0, 0.1) is 10.7 Å². The van der Waals surface area contributed by atoms with Gasteiger partial charge in [0, 0.05) is 16.1 Å². The van der Waals surface area contributed by atoms with Crippen molar-refractivity contribution < 1.29 is 33.7 Å². The van der Waals surface area contributed by atoms with Gasteiger partial charge in [0.1, 0.15) is 30.3 Å². The van der Waals surface area contributed by atoms with Crippen LogP contribution in [0.2, 0.25) is 0 Å². The first kappa shape index (κ1) is 24.8. The third-order valence-corrected chi connectivity index (χ3v) is 6.29. The van der Waals surface area contributed by atoms with Crippen LogP contribution in [0.15, 0.2) is 30.8 Å². The summed E-state index contributed by atoms with van der Waals surface area (Å²) in [5.41, 5.74) is 0.794. The Morgan fingerprint density at radius 1 is 1.10 bits per heavy atom. The molecule has 2 aromatic rings. The maximum atomic E-state index is 12.5. The van der Waals surface area contributed by atoms with Gasteiger partial charge < -0.3 is 24.1 Å².